The molecule has 3 heterocycles. The molecule has 1 unspecified atom stereocenters. The van der Waals surface area contributed by atoms with Crippen LogP contribution in [0.5, 0.6) is 0 Å². The van der Waals surface area contributed by atoms with E-state index in [2.05, 4.69) is 15.4 Å². The highest BCUT2D eigenvalue weighted by Crippen LogP contribution is 2.43. The third-order valence-corrected chi connectivity index (χ3v) is 5.02. The lowest BCUT2D eigenvalue weighted by Crippen LogP contribution is -2.49. The van der Waals surface area contributed by atoms with Crippen LogP contribution >= 0.6 is 11.8 Å². The maximum atomic E-state index is 13.1. The van der Waals surface area contributed by atoms with E-state index in [9.17, 15) is 18.0 Å². The predicted molar refractivity (Wildman–Crippen MR) is 86.9 cm³/mol. The van der Waals surface area contributed by atoms with Crippen LogP contribution in [-0.4, -0.2) is 32.6 Å². The van der Waals surface area contributed by atoms with Gasteiger partial charge in [-0.1, -0.05) is 11.8 Å². The molecule has 1 N–H and O–H groups in total. The Labute approximate surface area is 145 Å². The fourth-order valence-electron chi connectivity index (χ4n) is 3.27. The Hall–Kier alpha value is -2.23. The van der Waals surface area contributed by atoms with Crippen LogP contribution in [0, 0.1) is 0 Å². The number of benzene rings is 1. The van der Waals surface area contributed by atoms with Gasteiger partial charge in [-0.3, -0.25) is 9.69 Å². The van der Waals surface area contributed by atoms with Crippen molar-refractivity contribution in [3.8, 4) is 5.69 Å². The SMILES string of the molecule is CSc1nc2n(n1)-c1ccc(C(F)(F)F)cc1NC1(C)CCC(=O)N21. The summed E-state index contributed by atoms with van der Waals surface area (Å²) in [5, 5.41) is 7.90. The van der Waals surface area contributed by atoms with E-state index in [-0.39, 0.29) is 11.6 Å². The minimum atomic E-state index is -4.45. The molecule has 10 heteroatoms. The molecule has 0 saturated carbocycles. The molecule has 1 amide bonds. The van der Waals surface area contributed by atoms with Gasteiger partial charge in [-0.15, -0.1) is 5.10 Å². The number of rotatable bonds is 1. The lowest BCUT2D eigenvalue weighted by Gasteiger charge is -2.33. The van der Waals surface area contributed by atoms with Gasteiger partial charge in [-0.2, -0.15) is 22.8 Å². The summed E-state index contributed by atoms with van der Waals surface area (Å²) in [5.41, 5.74) is -0.910. The lowest BCUT2D eigenvalue weighted by molar-refractivity contribution is -0.137. The molecule has 2 aliphatic heterocycles. The van der Waals surface area contributed by atoms with E-state index in [1.54, 1.807) is 13.2 Å². The summed E-state index contributed by atoms with van der Waals surface area (Å²) < 4.78 is 40.8. The van der Waals surface area contributed by atoms with Crippen molar-refractivity contribution in [2.75, 3.05) is 16.5 Å². The number of carbonyl (C=O) groups excluding carboxylic acids is 1. The molecule has 0 bridgehead atoms. The smallest absolute Gasteiger partial charge is 0.361 e. The Balaban J connectivity index is 1.97. The van der Waals surface area contributed by atoms with Crippen LogP contribution in [0.4, 0.5) is 24.8 Å². The van der Waals surface area contributed by atoms with E-state index < -0.39 is 17.4 Å². The molecule has 0 radical (unpaired) electrons. The van der Waals surface area contributed by atoms with Gasteiger partial charge in [0, 0.05) is 6.42 Å². The summed E-state index contributed by atoms with van der Waals surface area (Å²) in [6.45, 7) is 1.78. The Bertz CT molecular complexity index is 881. The maximum absolute atomic E-state index is 13.1. The van der Waals surface area contributed by atoms with Crippen LogP contribution in [0.3, 0.4) is 0 Å². The number of hydrogen-bond donors (Lipinski definition) is 1. The molecule has 0 aliphatic carbocycles. The number of anilines is 2. The fourth-order valence-corrected chi connectivity index (χ4v) is 3.60. The second-order valence-electron chi connectivity index (χ2n) is 6.17. The van der Waals surface area contributed by atoms with Crippen molar-refractivity contribution in [2.24, 2.45) is 0 Å². The Morgan fingerprint density at radius 1 is 1.36 bits per heavy atom. The van der Waals surface area contributed by atoms with Gasteiger partial charge in [0.15, 0.2) is 0 Å². The Morgan fingerprint density at radius 3 is 2.80 bits per heavy atom. The number of fused-ring (bicyclic) bond motifs is 5. The molecular formula is C15H14F3N5OS. The number of halogens is 3. The predicted octanol–water partition coefficient (Wildman–Crippen LogP) is 3.28. The van der Waals surface area contributed by atoms with Crippen molar-refractivity contribution in [1.29, 1.82) is 0 Å². The minimum absolute atomic E-state index is 0.139. The largest absolute Gasteiger partial charge is 0.416 e. The number of carbonyl (C=O) groups is 1. The number of alkyl halides is 3. The van der Waals surface area contributed by atoms with Gasteiger partial charge in [-0.05, 0) is 37.8 Å². The first kappa shape index (κ1) is 16.2. The van der Waals surface area contributed by atoms with E-state index in [4.69, 9.17) is 0 Å². The quantitative estimate of drug-likeness (QED) is 0.782. The van der Waals surface area contributed by atoms with Crippen molar-refractivity contribution in [3.05, 3.63) is 23.8 Å². The number of thioether (sulfide) groups is 1. The summed E-state index contributed by atoms with van der Waals surface area (Å²) in [6.07, 6.45) is -1.90. The Kier molecular flexibility index (Phi) is 3.34. The molecule has 1 fully saturated rings. The minimum Gasteiger partial charge on any atom is -0.361 e. The van der Waals surface area contributed by atoms with Crippen molar-refractivity contribution in [2.45, 2.75) is 36.8 Å². The van der Waals surface area contributed by atoms with Crippen LogP contribution < -0.4 is 10.2 Å². The van der Waals surface area contributed by atoms with E-state index in [0.717, 1.165) is 12.1 Å². The first-order valence-electron chi connectivity index (χ1n) is 7.57. The summed E-state index contributed by atoms with van der Waals surface area (Å²) in [4.78, 5) is 18.3. The Morgan fingerprint density at radius 2 is 2.12 bits per heavy atom. The van der Waals surface area contributed by atoms with Crippen LogP contribution in [0.2, 0.25) is 0 Å². The van der Waals surface area contributed by atoms with Gasteiger partial charge >= 0.3 is 6.18 Å². The summed E-state index contributed by atoms with van der Waals surface area (Å²) in [5.74, 6) is 0.181. The molecule has 1 aromatic carbocycles. The summed E-state index contributed by atoms with van der Waals surface area (Å²) >= 11 is 1.30. The number of nitrogens with zero attached hydrogens (tertiary/aromatic N) is 4. The molecule has 25 heavy (non-hydrogen) atoms. The van der Waals surface area contributed by atoms with Crippen molar-refractivity contribution in [3.63, 3.8) is 0 Å². The van der Waals surface area contributed by atoms with E-state index in [1.165, 1.54) is 27.4 Å². The number of amides is 1. The molecule has 1 aromatic heterocycles. The zero-order valence-corrected chi connectivity index (χ0v) is 14.2. The molecule has 0 spiro atoms. The first-order chi connectivity index (χ1) is 11.7. The number of nitrogens with one attached hydrogen (secondary N) is 1. The third-order valence-electron chi connectivity index (χ3n) is 4.48. The highest BCUT2D eigenvalue weighted by Gasteiger charge is 2.47. The highest BCUT2D eigenvalue weighted by atomic mass is 32.2. The van der Waals surface area contributed by atoms with Gasteiger partial charge in [-0.25, -0.2) is 0 Å². The van der Waals surface area contributed by atoms with Gasteiger partial charge in [0.2, 0.25) is 17.0 Å². The van der Waals surface area contributed by atoms with Crippen LogP contribution in [0.25, 0.3) is 5.69 Å². The topological polar surface area (TPSA) is 63.1 Å². The number of hydrogen-bond acceptors (Lipinski definition) is 5. The van der Waals surface area contributed by atoms with Crippen molar-refractivity contribution < 1.29 is 18.0 Å². The van der Waals surface area contributed by atoms with Crippen LogP contribution in [0.1, 0.15) is 25.3 Å². The second-order valence-corrected chi connectivity index (χ2v) is 6.94. The van der Waals surface area contributed by atoms with Gasteiger partial charge < -0.3 is 5.32 Å². The van der Waals surface area contributed by atoms with Crippen LogP contribution in [-0.2, 0) is 11.0 Å². The van der Waals surface area contributed by atoms with Crippen molar-refractivity contribution >= 4 is 29.3 Å². The average molecular weight is 369 g/mol. The van der Waals surface area contributed by atoms with Gasteiger partial charge in [0.05, 0.1) is 16.9 Å². The van der Waals surface area contributed by atoms with E-state index in [0.29, 0.717) is 29.6 Å². The van der Waals surface area contributed by atoms with Gasteiger partial charge in [0.1, 0.15) is 5.66 Å². The zero-order chi connectivity index (χ0) is 18.0. The fraction of sp³-hybridized carbons (Fsp3) is 0.400. The summed E-state index contributed by atoms with van der Waals surface area (Å²) in [7, 11) is 0. The van der Waals surface area contributed by atoms with E-state index in [1.807, 2.05) is 0 Å². The maximum Gasteiger partial charge on any atom is 0.416 e. The van der Waals surface area contributed by atoms with E-state index >= 15 is 0 Å². The molecule has 2 aromatic rings. The molecule has 2 aliphatic rings. The molecule has 1 atom stereocenters. The second kappa shape index (κ2) is 5.13. The monoisotopic (exact) mass is 369 g/mol. The molecule has 132 valence electrons. The summed E-state index contributed by atoms with van der Waals surface area (Å²) in [6, 6.07) is 3.41. The average Bonchev–Trinajstić information content (AvgIpc) is 3.05. The van der Waals surface area contributed by atoms with Crippen LogP contribution in [0.15, 0.2) is 23.4 Å². The molecular weight excluding hydrogens is 355 g/mol. The first-order valence-corrected chi connectivity index (χ1v) is 8.79. The highest BCUT2D eigenvalue weighted by molar-refractivity contribution is 7.98. The third kappa shape index (κ3) is 2.38. The lowest BCUT2D eigenvalue weighted by atomic mass is 10.1. The molecule has 1 saturated heterocycles. The molecule has 4 rings (SSSR count). The van der Waals surface area contributed by atoms with Gasteiger partial charge in [0.25, 0.3) is 0 Å². The standard InChI is InChI=1S/C15H14F3N5OS/c1-14-6-5-11(24)22(14)13-19-12(25-2)21-23(13)10-4-3-8(15(16,17)18)7-9(10)20-14/h3-4,7,20H,5-6H2,1-2H3. The van der Waals surface area contributed by atoms with Crippen molar-refractivity contribution in [1.82, 2.24) is 14.8 Å². The molecule has 6 nitrogen and oxygen atoms in total. The number of aromatic nitrogens is 3. The zero-order valence-electron chi connectivity index (χ0n) is 13.4. The normalized spacial score (nSPS) is 22.1.